The SMILES string of the molecule is FC(F)(F)c1ccc(P(c2ccccc2)c2ccccc2)c(N=Cc2cccc(CP(c3ccccc3)c3ccccc3)n2)c1. The third kappa shape index (κ3) is 7.63. The molecule has 222 valence electrons. The lowest BCUT2D eigenvalue weighted by atomic mass is 10.2. The largest absolute Gasteiger partial charge is 0.416 e. The molecule has 5 aromatic carbocycles. The van der Waals surface area contributed by atoms with Crippen molar-refractivity contribution in [3.63, 3.8) is 0 Å². The lowest BCUT2D eigenvalue weighted by Crippen LogP contribution is -2.21. The minimum Gasteiger partial charge on any atom is -0.254 e. The molecule has 0 aliphatic heterocycles. The average molecular weight is 633 g/mol. The summed E-state index contributed by atoms with van der Waals surface area (Å²) in [7, 11) is -1.87. The van der Waals surface area contributed by atoms with Gasteiger partial charge in [0.2, 0.25) is 0 Å². The van der Waals surface area contributed by atoms with Crippen molar-refractivity contribution in [2.75, 3.05) is 0 Å². The van der Waals surface area contributed by atoms with Gasteiger partial charge < -0.3 is 0 Å². The van der Waals surface area contributed by atoms with E-state index >= 15 is 0 Å². The highest BCUT2D eigenvalue weighted by molar-refractivity contribution is 7.80. The van der Waals surface area contributed by atoms with E-state index in [0.29, 0.717) is 5.69 Å². The van der Waals surface area contributed by atoms with Crippen molar-refractivity contribution in [1.29, 1.82) is 0 Å². The molecule has 1 aromatic heterocycles. The van der Waals surface area contributed by atoms with Gasteiger partial charge in [-0.3, -0.25) is 9.98 Å². The third-order valence-corrected chi connectivity index (χ3v) is 12.2. The highest BCUT2D eigenvalue weighted by Crippen LogP contribution is 2.40. The normalized spacial score (nSPS) is 11.8. The maximum atomic E-state index is 13.9. The van der Waals surface area contributed by atoms with Crippen LogP contribution in [0.15, 0.2) is 163 Å². The number of aliphatic imine (C=N–C) groups is 1. The van der Waals surface area contributed by atoms with Gasteiger partial charge in [0.25, 0.3) is 0 Å². The van der Waals surface area contributed by atoms with Crippen LogP contribution in [-0.4, -0.2) is 11.2 Å². The van der Waals surface area contributed by atoms with Crippen LogP contribution in [0.4, 0.5) is 18.9 Å². The third-order valence-electron chi connectivity index (χ3n) is 7.19. The fourth-order valence-corrected chi connectivity index (χ4v) is 9.67. The van der Waals surface area contributed by atoms with Crippen LogP contribution in [0.25, 0.3) is 0 Å². The van der Waals surface area contributed by atoms with Crippen LogP contribution >= 0.6 is 15.8 Å². The summed E-state index contributed by atoms with van der Waals surface area (Å²) in [6.07, 6.45) is -2.18. The molecule has 0 atom stereocenters. The molecule has 0 saturated heterocycles. The van der Waals surface area contributed by atoms with E-state index in [4.69, 9.17) is 9.98 Å². The predicted molar refractivity (Wildman–Crippen MR) is 184 cm³/mol. The van der Waals surface area contributed by atoms with Crippen molar-refractivity contribution in [2.24, 2.45) is 4.99 Å². The molecule has 0 fully saturated rings. The fourth-order valence-electron chi connectivity index (χ4n) is 5.08. The van der Waals surface area contributed by atoms with Crippen molar-refractivity contribution >= 4 is 54.3 Å². The van der Waals surface area contributed by atoms with E-state index in [1.807, 2.05) is 91.0 Å². The highest BCUT2D eigenvalue weighted by atomic mass is 31.1. The first kappa shape index (κ1) is 30.6. The first-order valence-corrected chi connectivity index (χ1v) is 17.3. The van der Waals surface area contributed by atoms with Gasteiger partial charge in [0, 0.05) is 17.2 Å². The lowest BCUT2D eigenvalue weighted by molar-refractivity contribution is -0.137. The van der Waals surface area contributed by atoms with E-state index < -0.39 is 27.6 Å². The van der Waals surface area contributed by atoms with Crippen LogP contribution in [-0.2, 0) is 12.3 Å². The Morgan fingerprint density at radius 1 is 0.578 bits per heavy atom. The van der Waals surface area contributed by atoms with Gasteiger partial charge >= 0.3 is 6.18 Å². The number of hydrogen-bond acceptors (Lipinski definition) is 2. The van der Waals surface area contributed by atoms with Crippen LogP contribution in [0, 0.1) is 0 Å². The smallest absolute Gasteiger partial charge is 0.254 e. The Hall–Kier alpha value is -4.43. The first-order chi connectivity index (χ1) is 22.0. The zero-order valence-electron chi connectivity index (χ0n) is 24.2. The summed E-state index contributed by atoms with van der Waals surface area (Å²) >= 11 is 0. The molecular weight excluding hydrogens is 603 g/mol. The van der Waals surface area contributed by atoms with E-state index in [9.17, 15) is 13.2 Å². The number of rotatable bonds is 9. The molecule has 0 unspecified atom stereocenters. The molecule has 0 N–H and O–H groups in total. The van der Waals surface area contributed by atoms with Gasteiger partial charge in [-0.05, 0) is 61.3 Å². The number of nitrogens with zero attached hydrogens (tertiary/aromatic N) is 2. The van der Waals surface area contributed by atoms with Crippen molar-refractivity contribution in [1.82, 2.24) is 4.98 Å². The summed E-state index contributed by atoms with van der Waals surface area (Å²) in [6, 6.07) is 50.3. The summed E-state index contributed by atoms with van der Waals surface area (Å²) < 4.78 is 41.7. The molecule has 0 bridgehead atoms. The number of alkyl halides is 3. The second-order valence-electron chi connectivity index (χ2n) is 10.3. The Labute approximate surface area is 263 Å². The minimum atomic E-state index is -4.49. The first-order valence-electron chi connectivity index (χ1n) is 14.4. The van der Waals surface area contributed by atoms with Crippen molar-refractivity contribution < 1.29 is 13.2 Å². The second kappa shape index (κ2) is 14.1. The van der Waals surface area contributed by atoms with E-state index in [1.165, 1.54) is 10.6 Å². The molecule has 0 aliphatic rings. The molecular formula is C38H29F3N2P2. The van der Waals surface area contributed by atoms with Crippen LogP contribution < -0.4 is 26.5 Å². The maximum Gasteiger partial charge on any atom is 0.416 e. The van der Waals surface area contributed by atoms with E-state index in [1.54, 1.807) is 12.3 Å². The number of benzene rings is 5. The molecule has 6 aromatic rings. The lowest BCUT2D eigenvalue weighted by Gasteiger charge is -2.22. The van der Waals surface area contributed by atoms with Gasteiger partial charge in [-0.25, -0.2) is 0 Å². The van der Waals surface area contributed by atoms with Crippen molar-refractivity contribution in [3.05, 3.63) is 175 Å². The molecule has 0 radical (unpaired) electrons. The molecule has 0 amide bonds. The van der Waals surface area contributed by atoms with E-state index in [-0.39, 0.29) is 5.69 Å². The van der Waals surface area contributed by atoms with Gasteiger partial charge in [-0.15, -0.1) is 0 Å². The summed E-state index contributed by atoms with van der Waals surface area (Å²) in [5.41, 5.74) is 1.05. The molecule has 6 rings (SSSR count). The Morgan fingerprint density at radius 3 is 1.60 bits per heavy atom. The molecule has 1 heterocycles. The zero-order chi connectivity index (χ0) is 31.1. The Balaban J connectivity index is 1.38. The van der Waals surface area contributed by atoms with Crippen molar-refractivity contribution in [2.45, 2.75) is 12.3 Å². The van der Waals surface area contributed by atoms with Gasteiger partial charge in [-0.2, -0.15) is 13.2 Å². The predicted octanol–water partition coefficient (Wildman–Crippen LogP) is 8.24. The van der Waals surface area contributed by atoms with E-state index in [2.05, 4.69) is 48.5 Å². The van der Waals surface area contributed by atoms with Gasteiger partial charge in [0.1, 0.15) is 0 Å². The number of hydrogen-bond donors (Lipinski definition) is 0. The quantitative estimate of drug-likeness (QED) is 0.116. The Bertz CT molecular complexity index is 1790. The molecule has 0 aliphatic carbocycles. The number of pyridine rings is 1. The minimum absolute atomic E-state index is 0.284. The van der Waals surface area contributed by atoms with Crippen LogP contribution in [0.2, 0.25) is 0 Å². The molecule has 0 saturated carbocycles. The molecule has 2 nitrogen and oxygen atoms in total. The molecule has 0 spiro atoms. The fraction of sp³-hybridized carbons (Fsp3) is 0.0526. The van der Waals surface area contributed by atoms with Crippen LogP contribution in [0.1, 0.15) is 17.0 Å². The van der Waals surface area contributed by atoms with Crippen LogP contribution in [0.3, 0.4) is 0 Å². The monoisotopic (exact) mass is 632 g/mol. The average Bonchev–Trinajstić information content (AvgIpc) is 3.08. The summed E-state index contributed by atoms with van der Waals surface area (Å²) in [5.74, 6) is 0. The van der Waals surface area contributed by atoms with Gasteiger partial charge in [-0.1, -0.05) is 133 Å². The summed E-state index contributed by atoms with van der Waals surface area (Å²) in [4.78, 5) is 9.58. The zero-order valence-corrected chi connectivity index (χ0v) is 26.0. The molecule has 45 heavy (non-hydrogen) atoms. The molecule has 7 heteroatoms. The van der Waals surface area contributed by atoms with Crippen LogP contribution in [0.5, 0.6) is 0 Å². The van der Waals surface area contributed by atoms with Gasteiger partial charge in [0.05, 0.1) is 23.2 Å². The topological polar surface area (TPSA) is 25.2 Å². The van der Waals surface area contributed by atoms with Crippen molar-refractivity contribution in [3.8, 4) is 0 Å². The Kier molecular flexibility index (Phi) is 9.60. The Morgan fingerprint density at radius 2 is 1.09 bits per heavy atom. The highest BCUT2D eigenvalue weighted by Gasteiger charge is 2.32. The standard InChI is InChI=1S/C38H29F3N2P2/c39-38(40,41)29-24-25-37(45(34-20-9-3-10-21-34)35-22-11-4-12-23-35)36(26-29)42-27-30-14-13-15-31(43-30)28-44(32-16-5-1-6-17-32)33-18-7-2-8-19-33/h1-27H,28H2. The van der Waals surface area contributed by atoms with E-state index in [0.717, 1.165) is 39.9 Å². The number of halogens is 3. The summed E-state index contributed by atoms with van der Waals surface area (Å²) in [5, 5.41) is 5.32. The summed E-state index contributed by atoms with van der Waals surface area (Å²) in [6.45, 7) is 0. The number of aromatic nitrogens is 1. The second-order valence-corrected chi connectivity index (χ2v) is 14.7. The maximum absolute atomic E-state index is 13.9. The van der Waals surface area contributed by atoms with Gasteiger partial charge in [0.15, 0.2) is 0 Å².